The summed E-state index contributed by atoms with van der Waals surface area (Å²) < 4.78 is 0. The average Bonchev–Trinajstić information content (AvgIpc) is 2.82. The molecule has 1 aliphatic heterocycles. The number of likely N-dealkylation sites (tertiary alicyclic amines) is 1. The Bertz CT molecular complexity index is 520. The third-order valence-corrected chi connectivity index (χ3v) is 3.71. The number of nitrogens with zero attached hydrogens (tertiary/aromatic N) is 2. The third-order valence-electron chi connectivity index (χ3n) is 3.49. The van der Waals surface area contributed by atoms with E-state index in [1.807, 2.05) is 0 Å². The zero-order valence-electron chi connectivity index (χ0n) is 11.1. The maximum atomic E-state index is 12.0. The van der Waals surface area contributed by atoms with Crippen LogP contribution in [-0.4, -0.2) is 40.1 Å². The van der Waals surface area contributed by atoms with Crippen LogP contribution in [0, 0.1) is 5.41 Å². The lowest BCUT2D eigenvalue weighted by atomic mass is 9.90. The van der Waals surface area contributed by atoms with Crippen molar-refractivity contribution in [3.05, 3.63) is 29.0 Å². The first-order valence-corrected chi connectivity index (χ1v) is 6.65. The van der Waals surface area contributed by atoms with Crippen LogP contribution in [-0.2, 0) is 11.3 Å². The molecule has 1 atom stereocenters. The molecule has 0 aliphatic carbocycles. The van der Waals surface area contributed by atoms with Gasteiger partial charge in [-0.05, 0) is 25.5 Å². The number of nitrogens with one attached hydrogen (secondary N) is 1. The largest absolute Gasteiger partial charge is 0.481 e. The van der Waals surface area contributed by atoms with Gasteiger partial charge in [0.1, 0.15) is 0 Å². The third kappa shape index (κ3) is 3.19. The lowest BCUT2D eigenvalue weighted by molar-refractivity contribution is -0.146. The number of hydrogen-bond acceptors (Lipinski definition) is 3. The summed E-state index contributed by atoms with van der Waals surface area (Å²) in [4.78, 5) is 28.7. The lowest BCUT2D eigenvalue weighted by Gasteiger charge is -2.20. The van der Waals surface area contributed by atoms with Crippen molar-refractivity contribution in [1.29, 1.82) is 0 Å². The van der Waals surface area contributed by atoms with Gasteiger partial charge in [-0.1, -0.05) is 11.6 Å². The molecule has 108 valence electrons. The van der Waals surface area contributed by atoms with Gasteiger partial charge in [0.05, 0.1) is 22.7 Å². The van der Waals surface area contributed by atoms with Gasteiger partial charge in [0.25, 0.3) is 0 Å². The molecule has 2 amide bonds. The number of carboxylic acid groups (broad SMARTS) is 1. The minimum atomic E-state index is -0.868. The highest BCUT2D eigenvalue weighted by molar-refractivity contribution is 6.30. The minimum absolute atomic E-state index is 0.224. The zero-order valence-corrected chi connectivity index (χ0v) is 11.9. The van der Waals surface area contributed by atoms with Crippen LogP contribution >= 0.6 is 11.6 Å². The molecule has 2 heterocycles. The molecule has 1 aromatic heterocycles. The van der Waals surface area contributed by atoms with Crippen LogP contribution in [0.5, 0.6) is 0 Å². The van der Waals surface area contributed by atoms with Gasteiger partial charge in [-0.25, -0.2) is 4.79 Å². The first-order chi connectivity index (χ1) is 9.40. The van der Waals surface area contributed by atoms with Gasteiger partial charge in [0.2, 0.25) is 0 Å². The van der Waals surface area contributed by atoms with Crippen LogP contribution in [0.2, 0.25) is 5.02 Å². The normalized spacial score (nSPS) is 21.8. The van der Waals surface area contributed by atoms with Crippen LogP contribution in [0.4, 0.5) is 4.79 Å². The summed E-state index contributed by atoms with van der Waals surface area (Å²) in [6.07, 6.45) is 1.98. The number of urea groups is 1. The fraction of sp³-hybridized carbons (Fsp3) is 0.462. The van der Waals surface area contributed by atoms with Crippen LogP contribution in [0.25, 0.3) is 0 Å². The van der Waals surface area contributed by atoms with Crippen LogP contribution in [0.3, 0.4) is 0 Å². The number of amides is 2. The second-order valence-electron chi connectivity index (χ2n) is 5.16. The summed E-state index contributed by atoms with van der Waals surface area (Å²) in [5, 5.41) is 12.4. The first-order valence-electron chi connectivity index (χ1n) is 6.27. The minimum Gasteiger partial charge on any atom is -0.481 e. The number of halogens is 1. The molecule has 7 heteroatoms. The molecular weight excluding hydrogens is 282 g/mol. The van der Waals surface area contributed by atoms with E-state index in [4.69, 9.17) is 16.7 Å². The van der Waals surface area contributed by atoms with E-state index in [-0.39, 0.29) is 19.1 Å². The van der Waals surface area contributed by atoms with Crippen LogP contribution in [0.1, 0.15) is 19.0 Å². The predicted molar refractivity (Wildman–Crippen MR) is 73.4 cm³/mol. The van der Waals surface area contributed by atoms with Gasteiger partial charge in [-0.3, -0.25) is 9.78 Å². The Morgan fingerprint density at radius 1 is 1.55 bits per heavy atom. The van der Waals surface area contributed by atoms with Crippen molar-refractivity contribution < 1.29 is 14.7 Å². The number of carbonyl (C=O) groups is 2. The fourth-order valence-electron chi connectivity index (χ4n) is 2.10. The summed E-state index contributed by atoms with van der Waals surface area (Å²) in [7, 11) is 0. The SMILES string of the molecule is CC1(C(=O)O)CCN(C(=O)NCc2ccc(Cl)cn2)C1. The van der Waals surface area contributed by atoms with E-state index in [1.54, 1.807) is 19.1 Å². The van der Waals surface area contributed by atoms with E-state index in [9.17, 15) is 9.59 Å². The van der Waals surface area contributed by atoms with Gasteiger partial charge in [0, 0.05) is 19.3 Å². The Balaban J connectivity index is 1.87. The Kier molecular flexibility index (Phi) is 4.13. The Morgan fingerprint density at radius 3 is 2.85 bits per heavy atom. The number of aromatic nitrogens is 1. The second-order valence-corrected chi connectivity index (χ2v) is 5.60. The standard InChI is InChI=1S/C13H16ClN3O3/c1-13(11(18)19)4-5-17(8-13)12(20)16-7-10-3-2-9(14)6-15-10/h2-3,6H,4-5,7-8H2,1H3,(H,16,20)(H,18,19). The number of pyridine rings is 1. The monoisotopic (exact) mass is 297 g/mol. The van der Waals surface area contributed by atoms with E-state index >= 15 is 0 Å². The van der Waals surface area contributed by atoms with Crippen molar-refractivity contribution >= 4 is 23.6 Å². The van der Waals surface area contributed by atoms with Crippen molar-refractivity contribution in [2.45, 2.75) is 19.9 Å². The molecule has 1 aromatic rings. The quantitative estimate of drug-likeness (QED) is 0.890. The Labute approximate surface area is 121 Å². The highest BCUT2D eigenvalue weighted by Gasteiger charge is 2.42. The van der Waals surface area contributed by atoms with Crippen LogP contribution < -0.4 is 5.32 Å². The van der Waals surface area contributed by atoms with E-state index in [0.717, 1.165) is 0 Å². The average molecular weight is 298 g/mol. The smallest absolute Gasteiger partial charge is 0.317 e. The number of carboxylic acids is 1. The highest BCUT2D eigenvalue weighted by Crippen LogP contribution is 2.29. The molecule has 0 bridgehead atoms. The molecular formula is C13H16ClN3O3. The van der Waals surface area contributed by atoms with Gasteiger partial charge in [-0.2, -0.15) is 0 Å². The number of carbonyl (C=O) groups excluding carboxylic acids is 1. The Morgan fingerprint density at radius 2 is 2.30 bits per heavy atom. The molecule has 2 N–H and O–H groups in total. The van der Waals surface area contributed by atoms with Gasteiger partial charge >= 0.3 is 12.0 Å². The number of aliphatic carboxylic acids is 1. The number of hydrogen-bond donors (Lipinski definition) is 2. The fourth-order valence-corrected chi connectivity index (χ4v) is 2.21. The van der Waals surface area contributed by atoms with Crippen molar-refractivity contribution in [1.82, 2.24) is 15.2 Å². The van der Waals surface area contributed by atoms with Crippen molar-refractivity contribution in [3.63, 3.8) is 0 Å². The van der Waals surface area contributed by atoms with E-state index in [0.29, 0.717) is 23.7 Å². The van der Waals surface area contributed by atoms with Crippen LogP contribution in [0.15, 0.2) is 18.3 Å². The topological polar surface area (TPSA) is 82.5 Å². The maximum Gasteiger partial charge on any atom is 0.317 e. The molecule has 0 spiro atoms. The summed E-state index contributed by atoms with van der Waals surface area (Å²) in [6.45, 7) is 2.62. The molecule has 0 saturated carbocycles. The summed E-state index contributed by atoms with van der Waals surface area (Å²) >= 11 is 5.73. The molecule has 0 radical (unpaired) electrons. The number of rotatable bonds is 3. The molecule has 0 aromatic carbocycles. The summed E-state index contributed by atoms with van der Waals surface area (Å²) in [6, 6.07) is 3.16. The molecule has 1 fully saturated rings. The molecule has 1 unspecified atom stereocenters. The van der Waals surface area contributed by atoms with Crippen molar-refractivity contribution in [3.8, 4) is 0 Å². The first kappa shape index (κ1) is 14.6. The lowest BCUT2D eigenvalue weighted by Crippen LogP contribution is -2.40. The van der Waals surface area contributed by atoms with E-state index in [1.165, 1.54) is 11.1 Å². The van der Waals surface area contributed by atoms with Crippen molar-refractivity contribution in [2.24, 2.45) is 5.41 Å². The van der Waals surface area contributed by atoms with E-state index < -0.39 is 11.4 Å². The predicted octanol–water partition coefficient (Wildman–Crippen LogP) is 1.74. The summed E-state index contributed by atoms with van der Waals surface area (Å²) in [5.74, 6) is -0.868. The molecule has 1 aliphatic rings. The Hall–Kier alpha value is -1.82. The molecule has 2 rings (SSSR count). The maximum absolute atomic E-state index is 12.0. The summed E-state index contributed by atoms with van der Waals surface area (Å²) in [5.41, 5.74) is -0.154. The molecule has 20 heavy (non-hydrogen) atoms. The second kappa shape index (κ2) is 5.66. The molecule has 1 saturated heterocycles. The van der Waals surface area contributed by atoms with Crippen molar-refractivity contribution in [2.75, 3.05) is 13.1 Å². The van der Waals surface area contributed by atoms with Gasteiger partial charge in [-0.15, -0.1) is 0 Å². The van der Waals surface area contributed by atoms with Gasteiger partial charge < -0.3 is 15.3 Å². The van der Waals surface area contributed by atoms with E-state index in [2.05, 4.69) is 10.3 Å². The van der Waals surface area contributed by atoms with Gasteiger partial charge in [0.15, 0.2) is 0 Å². The zero-order chi connectivity index (χ0) is 14.8. The highest BCUT2D eigenvalue weighted by atomic mass is 35.5. The molecule has 6 nitrogen and oxygen atoms in total.